The first-order chi connectivity index (χ1) is 11.7. The van der Waals surface area contributed by atoms with Gasteiger partial charge in [-0.15, -0.1) is 0 Å². The number of carbonyl (C=O) groups is 1. The fourth-order valence-electron chi connectivity index (χ4n) is 2.06. The highest BCUT2D eigenvalue weighted by Gasteiger charge is 2.30. The lowest BCUT2D eigenvalue weighted by Gasteiger charge is -2.07. The second-order valence-electron chi connectivity index (χ2n) is 4.96. The monoisotopic (exact) mass is 367 g/mol. The summed E-state index contributed by atoms with van der Waals surface area (Å²) < 4.78 is 38.1. The topological polar surface area (TPSA) is 85.1 Å². The van der Waals surface area contributed by atoms with Crippen molar-refractivity contribution in [3.8, 4) is 0 Å². The number of hydrogen-bond acceptors (Lipinski definition) is 5. The zero-order chi connectivity index (χ0) is 18.2. The van der Waals surface area contributed by atoms with Crippen molar-refractivity contribution in [2.75, 3.05) is 5.32 Å². The van der Waals surface area contributed by atoms with Crippen LogP contribution in [-0.4, -0.2) is 15.8 Å². The highest BCUT2D eigenvalue weighted by Crippen LogP contribution is 2.31. The highest BCUT2D eigenvalue weighted by molar-refractivity contribution is 7.22. The Morgan fingerprint density at radius 3 is 2.44 bits per heavy atom. The van der Waals surface area contributed by atoms with E-state index in [1.165, 1.54) is 18.2 Å². The van der Waals surface area contributed by atoms with Crippen LogP contribution in [0.15, 0.2) is 42.5 Å². The van der Waals surface area contributed by atoms with Gasteiger partial charge in [-0.3, -0.25) is 20.2 Å². The fraction of sp³-hybridized carbons (Fsp3) is 0.0667. The number of carbonyl (C=O) groups excluding carboxylic acids is 1. The minimum Gasteiger partial charge on any atom is -0.298 e. The maximum absolute atomic E-state index is 12.5. The van der Waals surface area contributed by atoms with Crippen molar-refractivity contribution in [1.29, 1.82) is 0 Å². The minimum atomic E-state index is -4.48. The summed E-state index contributed by atoms with van der Waals surface area (Å²) >= 11 is 1.03. The first-order valence-corrected chi connectivity index (χ1v) is 7.59. The molecule has 0 radical (unpaired) electrons. The van der Waals surface area contributed by atoms with Crippen molar-refractivity contribution in [3.63, 3.8) is 0 Å². The molecular weight excluding hydrogens is 359 g/mol. The number of amides is 1. The smallest absolute Gasteiger partial charge is 0.298 e. The van der Waals surface area contributed by atoms with Gasteiger partial charge in [0.05, 0.1) is 20.7 Å². The van der Waals surface area contributed by atoms with Crippen LogP contribution in [0.4, 0.5) is 24.0 Å². The summed E-state index contributed by atoms with van der Waals surface area (Å²) in [6.45, 7) is 0. The van der Waals surface area contributed by atoms with E-state index in [1.807, 2.05) is 0 Å². The number of nitrogens with zero attached hydrogens (tertiary/aromatic N) is 2. The lowest BCUT2D eigenvalue weighted by atomic mass is 10.1. The van der Waals surface area contributed by atoms with Crippen LogP contribution in [0.5, 0.6) is 0 Å². The molecule has 0 fully saturated rings. The van der Waals surface area contributed by atoms with Crippen LogP contribution in [0.1, 0.15) is 15.9 Å². The molecule has 3 aromatic rings. The average molecular weight is 367 g/mol. The van der Waals surface area contributed by atoms with E-state index in [0.717, 1.165) is 35.6 Å². The van der Waals surface area contributed by atoms with Gasteiger partial charge in [-0.25, -0.2) is 4.98 Å². The third-order valence-electron chi connectivity index (χ3n) is 3.28. The standard InChI is InChI=1S/C15H8F3N3O3S/c16-15(17,18)9-3-1-8(2-4-9)13(22)20-14-19-11-6-5-10(21(23)24)7-12(11)25-14/h1-7H,(H,19,20,22). The maximum atomic E-state index is 12.5. The molecule has 0 atom stereocenters. The van der Waals surface area contributed by atoms with E-state index >= 15 is 0 Å². The Morgan fingerprint density at radius 2 is 1.84 bits per heavy atom. The number of nitro groups is 1. The molecule has 1 heterocycles. The number of nitrogens with one attached hydrogen (secondary N) is 1. The lowest BCUT2D eigenvalue weighted by molar-refractivity contribution is -0.384. The van der Waals surface area contributed by atoms with Gasteiger partial charge in [0.15, 0.2) is 5.13 Å². The van der Waals surface area contributed by atoms with Gasteiger partial charge in [-0.1, -0.05) is 11.3 Å². The normalized spacial score (nSPS) is 11.5. The molecule has 0 unspecified atom stereocenters. The van der Waals surface area contributed by atoms with E-state index in [1.54, 1.807) is 0 Å². The van der Waals surface area contributed by atoms with Gasteiger partial charge >= 0.3 is 6.18 Å². The lowest BCUT2D eigenvalue weighted by Crippen LogP contribution is -2.12. The summed E-state index contributed by atoms with van der Waals surface area (Å²) in [6.07, 6.45) is -4.48. The Balaban J connectivity index is 1.80. The Kier molecular flexibility index (Phi) is 4.13. The van der Waals surface area contributed by atoms with E-state index in [-0.39, 0.29) is 16.4 Å². The molecule has 25 heavy (non-hydrogen) atoms. The van der Waals surface area contributed by atoms with E-state index in [0.29, 0.717) is 10.2 Å². The van der Waals surface area contributed by atoms with Crippen LogP contribution in [-0.2, 0) is 6.18 Å². The van der Waals surface area contributed by atoms with E-state index in [9.17, 15) is 28.1 Å². The van der Waals surface area contributed by atoms with Gasteiger partial charge in [-0.05, 0) is 30.3 Å². The number of non-ortho nitro benzene ring substituents is 1. The zero-order valence-corrected chi connectivity index (χ0v) is 13.0. The summed E-state index contributed by atoms with van der Waals surface area (Å²) in [6, 6.07) is 7.85. The van der Waals surface area contributed by atoms with Gasteiger partial charge in [0.2, 0.25) is 0 Å². The Bertz CT molecular complexity index is 968. The van der Waals surface area contributed by atoms with Crippen LogP contribution < -0.4 is 5.32 Å². The molecule has 2 aromatic carbocycles. The van der Waals surface area contributed by atoms with Gasteiger partial charge in [0.25, 0.3) is 11.6 Å². The predicted octanol–water partition coefficient (Wildman–Crippen LogP) is 4.48. The molecule has 1 N–H and O–H groups in total. The largest absolute Gasteiger partial charge is 0.416 e. The Hall–Kier alpha value is -3.01. The number of alkyl halides is 3. The summed E-state index contributed by atoms with van der Waals surface area (Å²) in [4.78, 5) is 26.4. The molecule has 1 aromatic heterocycles. The number of benzene rings is 2. The van der Waals surface area contributed by atoms with Crippen molar-refractivity contribution in [2.45, 2.75) is 6.18 Å². The zero-order valence-electron chi connectivity index (χ0n) is 12.2. The van der Waals surface area contributed by atoms with E-state index in [4.69, 9.17) is 0 Å². The number of fused-ring (bicyclic) bond motifs is 1. The number of anilines is 1. The summed E-state index contributed by atoms with van der Waals surface area (Å²) in [5.74, 6) is -0.623. The Morgan fingerprint density at radius 1 is 1.16 bits per heavy atom. The van der Waals surface area contributed by atoms with Crippen molar-refractivity contribution in [1.82, 2.24) is 4.98 Å². The van der Waals surface area contributed by atoms with Crippen LogP contribution in [0, 0.1) is 10.1 Å². The summed E-state index contributed by atoms with van der Waals surface area (Å²) in [5.41, 5.74) is -0.440. The average Bonchev–Trinajstić information content (AvgIpc) is 2.95. The molecule has 1 amide bonds. The number of halogens is 3. The first-order valence-electron chi connectivity index (χ1n) is 6.77. The van der Waals surface area contributed by atoms with Crippen LogP contribution in [0.2, 0.25) is 0 Å². The van der Waals surface area contributed by atoms with Crippen molar-refractivity contribution in [2.24, 2.45) is 0 Å². The minimum absolute atomic E-state index is 0.0400. The molecule has 0 aliphatic heterocycles. The van der Waals surface area contributed by atoms with E-state index in [2.05, 4.69) is 10.3 Å². The molecule has 0 saturated carbocycles. The van der Waals surface area contributed by atoms with Crippen molar-refractivity contribution in [3.05, 3.63) is 63.7 Å². The molecule has 6 nitrogen and oxygen atoms in total. The molecule has 10 heteroatoms. The second kappa shape index (κ2) is 6.13. The van der Waals surface area contributed by atoms with Crippen LogP contribution >= 0.6 is 11.3 Å². The third kappa shape index (κ3) is 3.58. The summed E-state index contributed by atoms with van der Waals surface area (Å²) in [5, 5.41) is 13.4. The van der Waals surface area contributed by atoms with Gasteiger partial charge in [0, 0.05) is 17.7 Å². The van der Waals surface area contributed by atoms with Crippen LogP contribution in [0.25, 0.3) is 10.2 Å². The van der Waals surface area contributed by atoms with Crippen molar-refractivity contribution >= 4 is 38.3 Å². The molecule has 128 valence electrons. The van der Waals surface area contributed by atoms with Crippen molar-refractivity contribution < 1.29 is 22.9 Å². The fourth-order valence-corrected chi connectivity index (χ4v) is 2.95. The molecular formula is C15H8F3N3O3S. The SMILES string of the molecule is O=C(Nc1nc2ccc([N+](=O)[O-])cc2s1)c1ccc(C(F)(F)F)cc1. The molecule has 3 rings (SSSR count). The number of thiazole rings is 1. The molecule has 0 spiro atoms. The first kappa shape index (κ1) is 16.8. The quantitative estimate of drug-likeness (QED) is 0.546. The molecule has 0 aliphatic carbocycles. The number of hydrogen-bond donors (Lipinski definition) is 1. The maximum Gasteiger partial charge on any atom is 0.416 e. The molecule has 0 bridgehead atoms. The molecule has 0 saturated heterocycles. The number of aromatic nitrogens is 1. The van der Waals surface area contributed by atoms with Gasteiger partial charge in [-0.2, -0.15) is 13.2 Å². The van der Waals surface area contributed by atoms with Gasteiger partial charge in [0.1, 0.15) is 0 Å². The van der Waals surface area contributed by atoms with Crippen LogP contribution in [0.3, 0.4) is 0 Å². The third-order valence-corrected chi connectivity index (χ3v) is 4.21. The van der Waals surface area contributed by atoms with E-state index < -0.39 is 22.6 Å². The van der Waals surface area contributed by atoms with Gasteiger partial charge < -0.3 is 0 Å². The number of rotatable bonds is 3. The second-order valence-corrected chi connectivity index (χ2v) is 5.99. The Labute approximate surface area is 142 Å². The number of nitro benzene ring substituents is 1. The predicted molar refractivity (Wildman–Crippen MR) is 85.7 cm³/mol. The summed E-state index contributed by atoms with van der Waals surface area (Å²) in [7, 11) is 0. The molecule has 0 aliphatic rings. The highest BCUT2D eigenvalue weighted by atomic mass is 32.1.